The monoisotopic (exact) mass is 388 g/mol. The number of methoxy groups -OCH3 is 1. The van der Waals surface area contributed by atoms with Crippen molar-refractivity contribution in [1.29, 1.82) is 0 Å². The highest BCUT2D eigenvalue weighted by Gasteiger charge is 2.35. The lowest BCUT2D eigenvalue weighted by atomic mass is 9.78. The van der Waals surface area contributed by atoms with Gasteiger partial charge in [0.25, 0.3) is 0 Å². The summed E-state index contributed by atoms with van der Waals surface area (Å²) >= 11 is 0. The molecule has 1 amide bonds. The molecule has 0 aliphatic carbocycles. The van der Waals surface area contributed by atoms with Crippen molar-refractivity contribution >= 4 is 17.0 Å². The van der Waals surface area contributed by atoms with Crippen molar-refractivity contribution in [2.45, 2.75) is 31.8 Å². The Morgan fingerprint density at radius 2 is 2.25 bits per heavy atom. The Hall–Kier alpha value is -2.38. The molecular formula is C21H28N2O5. The van der Waals surface area contributed by atoms with Crippen LogP contribution < -0.4 is 4.74 Å². The number of pyridine rings is 1. The van der Waals surface area contributed by atoms with Gasteiger partial charge in [0, 0.05) is 24.4 Å². The van der Waals surface area contributed by atoms with E-state index in [0.29, 0.717) is 13.0 Å². The highest BCUT2D eigenvalue weighted by atomic mass is 16.5. The van der Waals surface area contributed by atoms with Crippen LogP contribution in [-0.4, -0.2) is 64.2 Å². The lowest BCUT2D eigenvalue weighted by Gasteiger charge is -2.39. The molecule has 0 saturated carbocycles. The van der Waals surface area contributed by atoms with E-state index in [1.54, 1.807) is 13.3 Å². The third-order valence-corrected chi connectivity index (χ3v) is 5.81. The zero-order valence-corrected chi connectivity index (χ0v) is 16.1. The van der Waals surface area contributed by atoms with Gasteiger partial charge in [0.15, 0.2) is 0 Å². The van der Waals surface area contributed by atoms with Gasteiger partial charge in [0.05, 0.1) is 31.5 Å². The molecular weight excluding hydrogens is 360 g/mol. The Morgan fingerprint density at radius 1 is 1.43 bits per heavy atom. The maximum absolute atomic E-state index is 11.3. The standard InChI is InChI=1S/C21H28N2O5/c1-28-16-10-17-14(6-3-7-19(17)22-11-16)4-2-5-15-8-9-23(21(26)27)12-18(15)20(25)13-24/h3,6-7,10-11,15,18,20,24-25H,2,4-5,8-9,12-13H2,1H3,(H,26,27)/t15-,18+,20?/m1/s1. The average molecular weight is 388 g/mol. The first kappa shape index (κ1) is 20.4. The fourth-order valence-electron chi connectivity index (χ4n) is 4.21. The van der Waals surface area contributed by atoms with E-state index in [0.717, 1.165) is 35.9 Å². The average Bonchev–Trinajstić information content (AvgIpc) is 2.73. The first-order chi connectivity index (χ1) is 13.5. The van der Waals surface area contributed by atoms with Crippen LogP contribution >= 0.6 is 0 Å². The molecule has 2 aromatic rings. The first-order valence-corrected chi connectivity index (χ1v) is 9.72. The predicted molar refractivity (Wildman–Crippen MR) is 106 cm³/mol. The summed E-state index contributed by atoms with van der Waals surface area (Å²) in [5.74, 6) is 0.691. The van der Waals surface area contributed by atoms with Crippen molar-refractivity contribution in [3.8, 4) is 5.75 Å². The summed E-state index contributed by atoms with van der Waals surface area (Å²) in [6.07, 6.45) is 3.23. The molecule has 152 valence electrons. The normalized spacial score (nSPS) is 20.9. The van der Waals surface area contributed by atoms with Crippen molar-refractivity contribution in [2.24, 2.45) is 11.8 Å². The van der Waals surface area contributed by atoms with Gasteiger partial charge in [-0.1, -0.05) is 12.1 Å². The predicted octanol–water partition coefficient (Wildman–Crippen LogP) is 2.54. The number of carboxylic acid groups (broad SMARTS) is 1. The Kier molecular flexibility index (Phi) is 6.70. The molecule has 1 fully saturated rings. The van der Waals surface area contributed by atoms with Crippen LogP contribution in [0.4, 0.5) is 4.79 Å². The molecule has 1 saturated heterocycles. The van der Waals surface area contributed by atoms with Crippen LogP contribution in [0.5, 0.6) is 5.75 Å². The van der Waals surface area contributed by atoms with Gasteiger partial charge < -0.3 is 25.0 Å². The minimum Gasteiger partial charge on any atom is -0.495 e. The van der Waals surface area contributed by atoms with E-state index in [9.17, 15) is 20.1 Å². The van der Waals surface area contributed by atoms with Gasteiger partial charge in [-0.3, -0.25) is 4.98 Å². The number of rotatable bonds is 7. The lowest BCUT2D eigenvalue weighted by Crippen LogP contribution is -2.48. The number of aliphatic hydroxyl groups is 2. The summed E-state index contributed by atoms with van der Waals surface area (Å²) < 4.78 is 5.29. The second-order valence-electron chi connectivity index (χ2n) is 7.44. The molecule has 2 heterocycles. The number of ether oxygens (including phenoxy) is 1. The lowest BCUT2D eigenvalue weighted by molar-refractivity contribution is -0.0149. The van der Waals surface area contributed by atoms with Gasteiger partial charge >= 0.3 is 6.09 Å². The Morgan fingerprint density at radius 3 is 2.96 bits per heavy atom. The topological polar surface area (TPSA) is 103 Å². The van der Waals surface area contributed by atoms with Crippen molar-refractivity contribution in [3.63, 3.8) is 0 Å². The van der Waals surface area contributed by atoms with Gasteiger partial charge in [-0.05, 0) is 49.3 Å². The SMILES string of the molecule is COc1cnc2cccc(CCC[C@@H]3CCN(C(=O)O)C[C@@H]3C(O)CO)c2c1. The van der Waals surface area contributed by atoms with E-state index in [2.05, 4.69) is 11.1 Å². The number of hydrogen-bond acceptors (Lipinski definition) is 5. The fourth-order valence-corrected chi connectivity index (χ4v) is 4.21. The molecule has 1 aromatic heterocycles. The quantitative estimate of drug-likeness (QED) is 0.674. The van der Waals surface area contributed by atoms with Gasteiger partial charge in [-0.2, -0.15) is 0 Å². The van der Waals surface area contributed by atoms with Crippen LogP contribution in [0.3, 0.4) is 0 Å². The van der Waals surface area contributed by atoms with E-state index >= 15 is 0 Å². The van der Waals surface area contributed by atoms with E-state index in [1.807, 2.05) is 18.2 Å². The molecule has 0 spiro atoms. The third kappa shape index (κ3) is 4.54. The van der Waals surface area contributed by atoms with Crippen molar-refractivity contribution in [1.82, 2.24) is 9.88 Å². The van der Waals surface area contributed by atoms with Gasteiger partial charge in [0.2, 0.25) is 0 Å². The van der Waals surface area contributed by atoms with E-state index < -0.39 is 12.2 Å². The summed E-state index contributed by atoms with van der Waals surface area (Å²) in [5, 5.41) is 29.9. The molecule has 1 aromatic carbocycles. The van der Waals surface area contributed by atoms with Gasteiger partial charge in [-0.25, -0.2) is 4.79 Å². The van der Waals surface area contributed by atoms with Crippen molar-refractivity contribution < 1.29 is 24.9 Å². The number of aromatic nitrogens is 1. The molecule has 1 aliphatic heterocycles. The number of aryl methyl sites for hydroxylation is 1. The van der Waals surface area contributed by atoms with Gasteiger partial charge in [0.1, 0.15) is 5.75 Å². The molecule has 3 N–H and O–H groups in total. The summed E-state index contributed by atoms with van der Waals surface area (Å²) in [6.45, 7) is 0.407. The molecule has 1 aliphatic rings. The zero-order chi connectivity index (χ0) is 20.1. The number of benzene rings is 1. The summed E-state index contributed by atoms with van der Waals surface area (Å²) in [6, 6.07) is 8.08. The van der Waals surface area contributed by atoms with Crippen LogP contribution in [0.2, 0.25) is 0 Å². The second kappa shape index (κ2) is 9.21. The summed E-state index contributed by atoms with van der Waals surface area (Å²) in [4.78, 5) is 17.0. The van der Waals surface area contributed by atoms with Crippen LogP contribution in [0.25, 0.3) is 10.9 Å². The maximum atomic E-state index is 11.3. The Bertz CT molecular complexity index is 812. The number of piperidine rings is 1. The van der Waals surface area contributed by atoms with Crippen LogP contribution in [0.1, 0.15) is 24.8 Å². The number of nitrogens with zero attached hydrogens (tertiary/aromatic N) is 2. The minimum absolute atomic E-state index is 0.195. The van der Waals surface area contributed by atoms with E-state index in [-0.39, 0.29) is 25.0 Å². The number of aliphatic hydroxyl groups excluding tert-OH is 2. The number of fused-ring (bicyclic) bond motifs is 1. The van der Waals surface area contributed by atoms with Gasteiger partial charge in [-0.15, -0.1) is 0 Å². The zero-order valence-electron chi connectivity index (χ0n) is 16.1. The molecule has 3 rings (SSSR count). The van der Waals surface area contributed by atoms with Crippen LogP contribution in [-0.2, 0) is 6.42 Å². The molecule has 7 heteroatoms. The number of hydrogen-bond donors (Lipinski definition) is 3. The molecule has 0 radical (unpaired) electrons. The first-order valence-electron chi connectivity index (χ1n) is 9.72. The van der Waals surface area contributed by atoms with Crippen LogP contribution in [0.15, 0.2) is 30.5 Å². The number of amides is 1. The second-order valence-corrected chi connectivity index (χ2v) is 7.44. The van der Waals surface area contributed by atoms with Crippen molar-refractivity contribution in [2.75, 3.05) is 26.8 Å². The Balaban J connectivity index is 1.66. The molecule has 0 bridgehead atoms. The van der Waals surface area contributed by atoms with E-state index in [1.165, 1.54) is 10.5 Å². The number of carbonyl (C=O) groups is 1. The smallest absolute Gasteiger partial charge is 0.407 e. The highest BCUT2D eigenvalue weighted by Crippen LogP contribution is 2.31. The van der Waals surface area contributed by atoms with Crippen LogP contribution in [0, 0.1) is 11.8 Å². The highest BCUT2D eigenvalue weighted by molar-refractivity contribution is 5.83. The number of likely N-dealkylation sites (tertiary alicyclic amines) is 1. The molecule has 7 nitrogen and oxygen atoms in total. The fraction of sp³-hybridized carbons (Fsp3) is 0.524. The third-order valence-electron chi connectivity index (χ3n) is 5.81. The molecule has 28 heavy (non-hydrogen) atoms. The largest absolute Gasteiger partial charge is 0.495 e. The summed E-state index contributed by atoms with van der Waals surface area (Å²) in [5.41, 5.74) is 2.13. The summed E-state index contributed by atoms with van der Waals surface area (Å²) in [7, 11) is 1.63. The minimum atomic E-state index is -0.967. The van der Waals surface area contributed by atoms with E-state index in [4.69, 9.17) is 4.74 Å². The molecule has 3 atom stereocenters. The van der Waals surface area contributed by atoms with Crippen molar-refractivity contribution in [3.05, 3.63) is 36.0 Å². The Labute approximate surface area is 164 Å². The molecule has 1 unspecified atom stereocenters. The maximum Gasteiger partial charge on any atom is 0.407 e.